The fourth-order valence-electron chi connectivity index (χ4n) is 4.23. The van der Waals surface area contributed by atoms with Gasteiger partial charge in [0.1, 0.15) is 0 Å². The molecule has 2 heterocycles. The molecule has 1 saturated heterocycles. The van der Waals surface area contributed by atoms with Crippen LogP contribution in [0.4, 0.5) is 0 Å². The second-order valence-corrected chi connectivity index (χ2v) is 6.52. The minimum Gasteiger partial charge on any atom is -0.375 e. The largest absolute Gasteiger partial charge is 0.375 e. The van der Waals surface area contributed by atoms with Crippen LogP contribution in [0.5, 0.6) is 0 Å². The average Bonchev–Trinajstić information content (AvgIpc) is 2.45. The fraction of sp³-hybridized carbons (Fsp3) is 0.647. The van der Waals surface area contributed by atoms with E-state index < -0.39 is 0 Å². The van der Waals surface area contributed by atoms with E-state index in [9.17, 15) is 0 Å². The summed E-state index contributed by atoms with van der Waals surface area (Å²) in [6.45, 7) is 2.09. The molecule has 4 rings (SSSR count). The summed E-state index contributed by atoms with van der Waals surface area (Å²) in [6, 6.07) is 9.57. The van der Waals surface area contributed by atoms with E-state index in [0.29, 0.717) is 6.04 Å². The summed E-state index contributed by atoms with van der Waals surface area (Å²) < 4.78 is 6.08. The van der Waals surface area contributed by atoms with E-state index in [1.807, 2.05) is 0 Å². The van der Waals surface area contributed by atoms with Crippen LogP contribution in [0.2, 0.25) is 0 Å². The number of fused-ring (bicyclic) bond motifs is 1. The van der Waals surface area contributed by atoms with Gasteiger partial charge in [0.05, 0.1) is 5.60 Å². The van der Waals surface area contributed by atoms with E-state index in [1.165, 1.54) is 38.5 Å². The SMILES string of the molecule is c1ccc2c(c1)CCNC2C1CCOC2(CCC2)C1. The first-order valence-electron chi connectivity index (χ1n) is 7.82. The monoisotopic (exact) mass is 257 g/mol. The Kier molecular flexibility index (Phi) is 2.89. The van der Waals surface area contributed by atoms with E-state index in [1.54, 1.807) is 11.1 Å². The van der Waals surface area contributed by atoms with E-state index in [4.69, 9.17) is 4.74 Å². The van der Waals surface area contributed by atoms with Crippen LogP contribution >= 0.6 is 0 Å². The number of hydrogen-bond donors (Lipinski definition) is 1. The lowest BCUT2D eigenvalue weighted by molar-refractivity contribution is -0.147. The van der Waals surface area contributed by atoms with Crippen LogP contribution in [0, 0.1) is 5.92 Å². The van der Waals surface area contributed by atoms with Crippen molar-refractivity contribution in [1.82, 2.24) is 5.32 Å². The van der Waals surface area contributed by atoms with Crippen LogP contribution in [0.3, 0.4) is 0 Å². The van der Waals surface area contributed by atoms with Gasteiger partial charge >= 0.3 is 0 Å². The van der Waals surface area contributed by atoms with E-state index in [-0.39, 0.29) is 5.60 Å². The molecule has 102 valence electrons. The quantitative estimate of drug-likeness (QED) is 0.834. The average molecular weight is 257 g/mol. The molecular weight excluding hydrogens is 234 g/mol. The molecular formula is C17H23NO. The Balaban J connectivity index is 1.59. The van der Waals surface area contributed by atoms with Gasteiger partial charge in [-0.3, -0.25) is 0 Å². The maximum Gasteiger partial charge on any atom is 0.0686 e. The Hall–Kier alpha value is -0.860. The smallest absolute Gasteiger partial charge is 0.0686 e. The molecule has 0 bridgehead atoms. The van der Waals surface area contributed by atoms with Gasteiger partial charge in [-0.25, -0.2) is 0 Å². The zero-order valence-corrected chi connectivity index (χ0v) is 11.5. The molecule has 1 aromatic carbocycles. The van der Waals surface area contributed by atoms with Gasteiger partial charge in [-0.1, -0.05) is 24.3 Å². The van der Waals surface area contributed by atoms with Crippen molar-refractivity contribution >= 4 is 0 Å². The first-order valence-corrected chi connectivity index (χ1v) is 7.82. The Morgan fingerprint density at radius 2 is 2.11 bits per heavy atom. The molecule has 3 aliphatic rings. The summed E-state index contributed by atoms with van der Waals surface area (Å²) in [4.78, 5) is 0. The van der Waals surface area contributed by atoms with Crippen LogP contribution < -0.4 is 5.32 Å². The highest BCUT2D eigenvalue weighted by Crippen LogP contribution is 2.47. The van der Waals surface area contributed by atoms with Crippen molar-refractivity contribution in [2.75, 3.05) is 13.2 Å². The minimum absolute atomic E-state index is 0.261. The summed E-state index contributed by atoms with van der Waals surface area (Å²) in [5.74, 6) is 0.760. The van der Waals surface area contributed by atoms with Gasteiger partial charge in [0.15, 0.2) is 0 Å². The molecule has 1 saturated carbocycles. The molecule has 2 unspecified atom stereocenters. The second-order valence-electron chi connectivity index (χ2n) is 6.52. The van der Waals surface area contributed by atoms with Crippen LogP contribution in [0.15, 0.2) is 24.3 Å². The fourth-order valence-corrected chi connectivity index (χ4v) is 4.23. The highest BCUT2D eigenvalue weighted by atomic mass is 16.5. The predicted octanol–water partition coefficient (Wildman–Crippen LogP) is 3.22. The third kappa shape index (κ3) is 2.02. The van der Waals surface area contributed by atoms with Crippen molar-refractivity contribution in [3.05, 3.63) is 35.4 Å². The van der Waals surface area contributed by atoms with Crippen LogP contribution in [-0.4, -0.2) is 18.8 Å². The predicted molar refractivity (Wildman–Crippen MR) is 76.1 cm³/mol. The number of nitrogens with one attached hydrogen (secondary N) is 1. The Labute approximate surface area is 115 Å². The lowest BCUT2D eigenvalue weighted by Crippen LogP contribution is -2.48. The summed E-state index contributed by atoms with van der Waals surface area (Å²) in [5.41, 5.74) is 3.37. The molecule has 2 fully saturated rings. The second kappa shape index (κ2) is 4.60. The van der Waals surface area contributed by atoms with Crippen molar-refractivity contribution in [3.63, 3.8) is 0 Å². The number of hydrogen-bond acceptors (Lipinski definition) is 2. The van der Waals surface area contributed by atoms with Gasteiger partial charge in [-0.15, -0.1) is 0 Å². The molecule has 1 N–H and O–H groups in total. The zero-order chi connectivity index (χ0) is 12.7. The molecule has 1 aliphatic carbocycles. The Bertz CT molecular complexity index is 466. The number of ether oxygens (including phenoxy) is 1. The summed E-state index contributed by atoms with van der Waals surface area (Å²) in [5, 5.41) is 3.78. The van der Waals surface area contributed by atoms with Crippen molar-refractivity contribution < 1.29 is 4.74 Å². The molecule has 1 aromatic rings. The van der Waals surface area contributed by atoms with Crippen LogP contribution in [-0.2, 0) is 11.2 Å². The maximum absolute atomic E-state index is 6.08. The Morgan fingerprint density at radius 3 is 2.95 bits per heavy atom. The number of rotatable bonds is 1. The van der Waals surface area contributed by atoms with Gasteiger partial charge in [0, 0.05) is 12.6 Å². The third-order valence-corrected chi connectivity index (χ3v) is 5.42. The Morgan fingerprint density at radius 1 is 1.21 bits per heavy atom. The van der Waals surface area contributed by atoms with Gasteiger partial charge < -0.3 is 10.1 Å². The van der Waals surface area contributed by atoms with Gasteiger partial charge in [-0.2, -0.15) is 0 Å². The van der Waals surface area contributed by atoms with E-state index >= 15 is 0 Å². The molecule has 0 amide bonds. The molecule has 0 aromatic heterocycles. The first-order chi connectivity index (χ1) is 9.36. The molecule has 19 heavy (non-hydrogen) atoms. The van der Waals surface area contributed by atoms with Gasteiger partial charge in [-0.05, 0) is 62.1 Å². The minimum atomic E-state index is 0.261. The topological polar surface area (TPSA) is 21.3 Å². The summed E-state index contributed by atoms with van der Waals surface area (Å²) in [6.07, 6.45) is 7.60. The first kappa shape index (κ1) is 11.9. The normalized spacial score (nSPS) is 32.6. The zero-order valence-electron chi connectivity index (χ0n) is 11.5. The third-order valence-electron chi connectivity index (χ3n) is 5.42. The summed E-state index contributed by atoms with van der Waals surface area (Å²) in [7, 11) is 0. The van der Waals surface area contributed by atoms with Gasteiger partial charge in [0.25, 0.3) is 0 Å². The van der Waals surface area contributed by atoms with Crippen molar-refractivity contribution in [3.8, 4) is 0 Å². The molecule has 2 aliphatic heterocycles. The maximum atomic E-state index is 6.08. The molecule has 2 nitrogen and oxygen atoms in total. The molecule has 2 heteroatoms. The summed E-state index contributed by atoms with van der Waals surface area (Å²) >= 11 is 0. The van der Waals surface area contributed by atoms with Gasteiger partial charge in [0.2, 0.25) is 0 Å². The lowest BCUT2D eigenvalue weighted by Gasteiger charge is -2.49. The highest BCUT2D eigenvalue weighted by molar-refractivity contribution is 5.33. The van der Waals surface area contributed by atoms with Crippen molar-refractivity contribution in [2.45, 2.75) is 50.2 Å². The standard InChI is InChI=1S/C17H23NO/c1-2-5-15-13(4-1)6-10-18-16(15)14-7-11-19-17(12-14)8-3-9-17/h1-2,4-5,14,16,18H,3,6-12H2. The van der Waals surface area contributed by atoms with Crippen molar-refractivity contribution in [1.29, 1.82) is 0 Å². The van der Waals surface area contributed by atoms with Crippen LogP contribution in [0.25, 0.3) is 0 Å². The molecule has 1 spiro atoms. The number of benzene rings is 1. The lowest BCUT2D eigenvalue weighted by atomic mass is 9.69. The van der Waals surface area contributed by atoms with Crippen LogP contribution in [0.1, 0.15) is 49.3 Å². The van der Waals surface area contributed by atoms with Crippen molar-refractivity contribution in [2.24, 2.45) is 5.92 Å². The van der Waals surface area contributed by atoms with E-state index in [2.05, 4.69) is 29.6 Å². The molecule has 0 radical (unpaired) electrons. The van der Waals surface area contributed by atoms with E-state index in [0.717, 1.165) is 19.1 Å². The molecule has 2 atom stereocenters. The highest BCUT2D eigenvalue weighted by Gasteiger charge is 2.44.